The molecule has 1 aromatic heterocycles. The minimum Gasteiger partial charge on any atom is -0.478 e. The number of carbonyl (C=O) groups excluding carboxylic acids is 2. The number of hydrogen-bond donors (Lipinski definition) is 0. The molecule has 2 heterocycles. The van der Waals surface area contributed by atoms with E-state index in [1.165, 1.54) is 17.8 Å². The number of rotatable bonds is 5. The average Bonchev–Trinajstić information content (AvgIpc) is 3.38. The number of fused-ring (bicyclic) bond motifs is 1. The Balaban J connectivity index is 1.43. The van der Waals surface area contributed by atoms with Crippen LogP contribution in [0, 0.1) is 0 Å². The van der Waals surface area contributed by atoms with E-state index in [0.29, 0.717) is 22.3 Å². The van der Waals surface area contributed by atoms with E-state index in [1.807, 2.05) is 5.38 Å². The quantitative estimate of drug-likeness (QED) is 0.652. The van der Waals surface area contributed by atoms with Crippen molar-refractivity contribution in [1.29, 1.82) is 0 Å². The highest BCUT2D eigenvalue weighted by Crippen LogP contribution is 2.32. The molecule has 2 atom stereocenters. The molecule has 4 rings (SSSR count). The number of hydrogen-bond acceptors (Lipinski definition) is 6. The van der Waals surface area contributed by atoms with E-state index in [0.717, 1.165) is 31.2 Å². The summed E-state index contributed by atoms with van der Waals surface area (Å²) < 4.78 is 11.2. The normalized spacial score (nSPS) is 19.9. The Kier molecular flexibility index (Phi) is 6.06. The smallest absolute Gasteiger partial charge is 0.348 e. The summed E-state index contributed by atoms with van der Waals surface area (Å²) in [6.07, 6.45) is 5.63. The van der Waals surface area contributed by atoms with E-state index in [9.17, 15) is 9.59 Å². The molecule has 0 spiro atoms. The molecule has 6 nitrogen and oxygen atoms in total. The third-order valence-electron chi connectivity index (χ3n) is 5.40. The van der Waals surface area contributed by atoms with Crippen molar-refractivity contribution in [2.45, 2.75) is 63.7 Å². The van der Waals surface area contributed by atoms with Crippen LogP contribution in [0.4, 0.5) is 5.13 Å². The zero-order chi connectivity index (χ0) is 20.4. The first-order valence-electron chi connectivity index (χ1n) is 9.91. The van der Waals surface area contributed by atoms with Crippen LogP contribution in [0.3, 0.4) is 0 Å². The second kappa shape index (κ2) is 8.71. The molecular weight excluding hydrogens is 412 g/mol. The summed E-state index contributed by atoms with van der Waals surface area (Å²) in [6.45, 7) is 1.61. The number of amides is 1. The first-order valence-corrected chi connectivity index (χ1v) is 11.2. The highest BCUT2D eigenvalue weighted by atomic mass is 35.5. The monoisotopic (exact) mass is 434 g/mol. The highest BCUT2D eigenvalue weighted by Gasteiger charge is 2.36. The number of anilines is 1. The SMILES string of the molecule is C[C@H](OC(=O)[C@H]1Cc2cc(Cl)ccc2O1)C(=O)N(c1nccs1)C1CCCCC1. The van der Waals surface area contributed by atoms with Gasteiger partial charge >= 0.3 is 5.97 Å². The van der Waals surface area contributed by atoms with Gasteiger partial charge in [0.25, 0.3) is 5.91 Å². The lowest BCUT2D eigenvalue weighted by Crippen LogP contribution is -2.48. The average molecular weight is 435 g/mol. The summed E-state index contributed by atoms with van der Waals surface area (Å²) in [5, 5.41) is 3.10. The molecule has 0 bridgehead atoms. The molecule has 8 heteroatoms. The van der Waals surface area contributed by atoms with Crippen LogP contribution in [0.2, 0.25) is 5.02 Å². The molecule has 2 aliphatic rings. The van der Waals surface area contributed by atoms with Gasteiger partial charge in [-0.1, -0.05) is 30.9 Å². The van der Waals surface area contributed by atoms with Gasteiger partial charge in [0.05, 0.1) is 0 Å². The maximum absolute atomic E-state index is 13.2. The summed E-state index contributed by atoms with van der Waals surface area (Å²) in [4.78, 5) is 31.9. The second-order valence-corrected chi connectivity index (χ2v) is 8.77. The number of ether oxygens (including phenoxy) is 2. The van der Waals surface area contributed by atoms with Crippen LogP contribution >= 0.6 is 22.9 Å². The molecule has 2 aromatic rings. The molecule has 0 N–H and O–H groups in total. The van der Waals surface area contributed by atoms with Crippen molar-refractivity contribution in [3.05, 3.63) is 40.4 Å². The Morgan fingerprint density at radius 2 is 2.10 bits per heavy atom. The molecule has 1 fully saturated rings. The van der Waals surface area contributed by atoms with E-state index < -0.39 is 18.2 Å². The Morgan fingerprint density at radius 3 is 2.83 bits per heavy atom. The van der Waals surface area contributed by atoms with Gasteiger partial charge in [-0.25, -0.2) is 9.78 Å². The van der Waals surface area contributed by atoms with E-state index in [2.05, 4.69) is 4.98 Å². The molecule has 1 saturated carbocycles. The van der Waals surface area contributed by atoms with Crippen molar-refractivity contribution in [2.75, 3.05) is 4.90 Å². The lowest BCUT2D eigenvalue weighted by molar-refractivity contribution is -0.160. The van der Waals surface area contributed by atoms with Gasteiger partial charge in [-0.3, -0.25) is 9.69 Å². The third kappa shape index (κ3) is 4.41. The van der Waals surface area contributed by atoms with Crippen molar-refractivity contribution in [1.82, 2.24) is 4.98 Å². The van der Waals surface area contributed by atoms with Crippen molar-refractivity contribution >= 4 is 39.9 Å². The van der Waals surface area contributed by atoms with Crippen molar-refractivity contribution in [3.63, 3.8) is 0 Å². The third-order valence-corrected chi connectivity index (χ3v) is 6.41. The first-order chi connectivity index (χ1) is 14.0. The summed E-state index contributed by atoms with van der Waals surface area (Å²) in [6, 6.07) is 5.34. The molecule has 29 heavy (non-hydrogen) atoms. The van der Waals surface area contributed by atoms with Gasteiger partial charge in [0.1, 0.15) is 5.75 Å². The fourth-order valence-electron chi connectivity index (χ4n) is 3.95. The number of aromatic nitrogens is 1. The van der Waals surface area contributed by atoms with Crippen LogP contribution in [0.1, 0.15) is 44.6 Å². The Morgan fingerprint density at radius 1 is 1.31 bits per heavy atom. The fourth-order valence-corrected chi connectivity index (χ4v) is 4.86. The largest absolute Gasteiger partial charge is 0.478 e. The van der Waals surface area contributed by atoms with Gasteiger partial charge in [-0.05, 0) is 43.5 Å². The minimum atomic E-state index is -0.913. The molecule has 1 aliphatic heterocycles. The molecule has 1 amide bonds. The van der Waals surface area contributed by atoms with Crippen molar-refractivity contribution in [3.8, 4) is 5.75 Å². The van der Waals surface area contributed by atoms with Crippen molar-refractivity contribution in [2.24, 2.45) is 0 Å². The van der Waals surface area contributed by atoms with Crippen LogP contribution in [0.5, 0.6) is 5.75 Å². The number of benzene rings is 1. The minimum absolute atomic E-state index is 0.0951. The second-order valence-electron chi connectivity index (χ2n) is 7.46. The van der Waals surface area contributed by atoms with E-state index in [-0.39, 0.29) is 11.9 Å². The Hall–Kier alpha value is -2.12. The zero-order valence-electron chi connectivity index (χ0n) is 16.2. The maximum atomic E-state index is 13.2. The van der Waals surface area contributed by atoms with Gasteiger partial charge in [-0.15, -0.1) is 11.3 Å². The highest BCUT2D eigenvalue weighted by molar-refractivity contribution is 7.13. The molecule has 154 valence electrons. The van der Waals surface area contributed by atoms with E-state index in [1.54, 1.807) is 36.2 Å². The van der Waals surface area contributed by atoms with Crippen LogP contribution in [0.15, 0.2) is 29.8 Å². The number of thiazole rings is 1. The molecule has 1 aliphatic carbocycles. The maximum Gasteiger partial charge on any atom is 0.348 e. The molecular formula is C21H23ClN2O4S. The van der Waals surface area contributed by atoms with Crippen LogP contribution in [-0.2, 0) is 20.7 Å². The van der Waals surface area contributed by atoms with Gasteiger partial charge in [0.15, 0.2) is 17.3 Å². The first kappa shape index (κ1) is 20.2. The number of esters is 1. The fraction of sp³-hybridized carbons (Fsp3) is 0.476. The Labute approximate surface area is 178 Å². The zero-order valence-corrected chi connectivity index (χ0v) is 17.7. The van der Waals surface area contributed by atoms with Crippen LogP contribution in [-0.4, -0.2) is 35.1 Å². The summed E-state index contributed by atoms with van der Waals surface area (Å²) >= 11 is 7.43. The van der Waals surface area contributed by atoms with Gasteiger partial charge in [0, 0.05) is 29.1 Å². The van der Waals surface area contributed by atoms with E-state index >= 15 is 0 Å². The Bertz CT molecular complexity index is 883. The topological polar surface area (TPSA) is 68.7 Å². The van der Waals surface area contributed by atoms with Gasteiger partial charge < -0.3 is 9.47 Å². The lowest BCUT2D eigenvalue weighted by Gasteiger charge is -2.34. The van der Waals surface area contributed by atoms with Crippen LogP contribution in [0.25, 0.3) is 0 Å². The van der Waals surface area contributed by atoms with Crippen molar-refractivity contribution < 1.29 is 19.1 Å². The predicted molar refractivity (Wildman–Crippen MR) is 112 cm³/mol. The summed E-state index contributed by atoms with van der Waals surface area (Å²) in [5.41, 5.74) is 0.866. The summed E-state index contributed by atoms with van der Waals surface area (Å²) in [5.74, 6) is -0.151. The molecule has 0 unspecified atom stereocenters. The number of carbonyl (C=O) groups is 2. The number of halogens is 1. The van der Waals surface area contributed by atoms with Crippen LogP contribution < -0.4 is 9.64 Å². The lowest BCUT2D eigenvalue weighted by atomic mass is 9.94. The standard InChI is InChI=1S/C21H23ClN2O4S/c1-13(27-20(26)18-12-14-11-15(22)7-8-17(14)28-18)19(25)24(21-23-9-10-29-21)16-5-3-2-4-6-16/h7-11,13,16,18H,2-6,12H2,1H3/t13-,18+/m0/s1. The van der Waals surface area contributed by atoms with Gasteiger partial charge in [0.2, 0.25) is 0 Å². The molecule has 0 saturated heterocycles. The van der Waals surface area contributed by atoms with Gasteiger partial charge in [-0.2, -0.15) is 0 Å². The number of nitrogens with zero attached hydrogens (tertiary/aromatic N) is 2. The van der Waals surface area contributed by atoms with E-state index in [4.69, 9.17) is 21.1 Å². The predicted octanol–water partition coefficient (Wildman–Crippen LogP) is 4.40. The summed E-state index contributed by atoms with van der Waals surface area (Å²) in [7, 11) is 0. The molecule has 0 radical (unpaired) electrons. The molecule has 1 aromatic carbocycles.